The number of anilines is 1. The number of benzene rings is 1. The third-order valence-corrected chi connectivity index (χ3v) is 6.24. The Morgan fingerprint density at radius 1 is 1.12 bits per heavy atom. The van der Waals surface area contributed by atoms with Gasteiger partial charge in [0.2, 0.25) is 11.7 Å². The second-order valence-corrected chi connectivity index (χ2v) is 8.25. The van der Waals surface area contributed by atoms with E-state index in [2.05, 4.69) is 12.2 Å². The standard InChI is InChI=1S/C20H24ClNO3/c1-13(19(23)22-18-4-2-17(21)3-5-18)16-9-14-8-15(10-16)12-20(11-14)24-6-7-25-20/h2-7,13-16H,8-12H2,1H3,(H,22,23). The minimum Gasteiger partial charge on any atom is -0.457 e. The van der Waals surface area contributed by atoms with Crippen molar-refractivity contribution in [3.05, 3.63) is 41.8 Å². The van der Waals surface area contributed by atoms with E-state index < -0.39 is 5.79 Å². The minimum absolute atomic E-state index is 0.00133. The van der Waals surface area contributed by atoms with Gasteiger partial charge in [-0.25, -0.2) is 0 Å². The summed E-state index contributed by atoms with van der Waals surface area (Å²) in [5.74, 6) is 1.23. The normalized spacial score (nSPS) is 30.4. The number of nitrogens with one attached hydrogen (secondary N) is 1. The molecule has 1 heterocycles. The van der Waals surface area contributed by atoms with Gasteiger partial charge in [-0.1, -0.05) is 18.5 Å². The number of rotatable bonds is 3. The molecule has 134 valence electrons. The highest BCUT2D eigenvalue weighted by atomic mass is 35.5. The molecule has 3 atom stereocenters. The number of amides is 1. The van der Waals surface area contributed by atoms with Crippen LogP contribution in [0.3, 0.4) is 0 Å². The van der Waals surface area contributed by atoms with Crippen LogP contribution in [-0.4, -0.2) is 11.7 Å². The van der Waals surface area contributed by atoms with Gasteiger partial charge in [0.15, 0.2) is 0 Å². The predicted molar refractivity (Wildman–Crippen MR) is 96.8 cm³/mol. The maximum absolute atomic E-state index is 12.7. The van der Waals surface area contributed by atoms with Crippen molar-refractivity contribution < 1.29 is 14.3 Å². The number of fused-ring (bicyclic) bond motifs is 2. The van der Waals surface area contributed by atoms with Gasteiger partial charge in [0.05, 0.1) is 0 Å². The largest absolute Gasteiger partial charge is 0.457 e. The summed E-state index contributed by atoms with van der Waals surface area (Å²) in [7, 11) is 0. The zero-order valence-corrected chi connectivity index (χ0v) is 15.2. The summed E-state index contributed by atoms with van der Waals surface area (Å²) in [6, 6.07) is 7.27. The molecule has 3 aliphatic rings. The molecule has 0 saturated heterocycles. The fourth-order valence-electron chi connectivity index (χ4n) is 4.85. The van der Waals surface area contributed by atoms with Crippen LogP contribution in [0.25, 0.3) is 0 Å². The third-order valence-electron chi connectivity index (χ3n) is 5.99. The Morgan fingerprint density at radius 2 is 1.72 bits per heavy atom. The second kappa shape index (κ2) is 6.56. The van der Waals surface area contributed by atoms with Crippen LogP contribution in [0.15, 0.2) is 36.8 Å². The Balaban J connectivity index is 1.37. The van der Waals surface area contributed by atoms with Crippen molar-refractivity contribution in [2.75, 3.05) is 5.32 Å². The Kier molecular flexibility index (Phi) is 4.40. The molecule has 25 heavy (non-hydrogen) atoms. The van der Waals surface area contributed by atoms with Gasteiger partial charge in [-0.05, 0) is 61.3 Å². The smallest absolute Gasteiger partial charge is 0.250 e. The van der Waals surface area contributed by atoms with E-state index in [9.17, 15) is 4.79 Å². The van der Waals surface area contributed by atoms with Gasteiger partial charge in [0.1, 0.15) is 12.5 Å². The Labute approximate surface area is 153 Å². The van der Waals surface area contributed by atoms with E-state index in [1.807, 2.05) is 12.1 Å². The average Bonchev–Trinajstić information content (AvgIpc) is 3.02. The van der Waals surface area contributed by atoms with E-state index >= 15 is 0 Å². The number of carbonyl (C=O) groups is 1. The molecule has 4 rings (SSSR count). The van der Waals surface area contributed by atoms with Crippen molar-refractivity contribution in [3.8, 4) is 0 Å². The van der Waals surface area contributed by atoms with E-state index in [1.54, 1.807) is 24.7 Å². The molecule has 5 heteroatoms. The number of halogens is 1. The van der Waals surface area contributed by atoms with Crippen molar-refractivity contribution in [3.63, 3.8) is 0 Å². The third kappa shape index (κ3) is 3.50. The summed E-state index contributed by atoms with van der Waals surface area (Å²) in [5, 5.41) is 3.70. The number of hydrogen-bond donors (Lipinski definition) is 1. The summed E-state index contributed by atoms with van der Waals surface area (Å²) in [5.41, 5.74) is 0.801. The van der Waals surface area contributed by atoms with E-state index in [0.717, 1.165) is 31.4 Å². The fourth-order valence-corrected chi connectivity index (χ4v) is 4.97. The molecule has 0 radical (unpaired) electrons. The topological polar surface area (TPSA) is 47.6 Å². The number of carbonyl (C=O) groups excluding carboxylic acids is 1. The van der Waals surface area contributed by atoms with Gasteiger partial charge in [-0.15, -0.1) is 0 Å². The summed E-state index contributed by atoms with van der Waals surface area (Å²) in [4.78, 5) is 12.7. The van der Waals surface area contributed by atoms with Crippen LogP contribution in [0.4, 0.5) is 5.69 Å². The van der Waals surface area contributed by atoms with Gasteiger partial charge in [-0.3, -0.25) is 4.79 Å². The first-order valence-electron chi connectivity index (χ1n) is 9.10. The predicted octanol–water partition coefficient (Wildman–Crippen LogP) is 4.96. The first-order chi connectivity index (χ1) is 12.0. The first-order valence-corrected chi connectivity index (χ1v) is 9.48. The lowest BCUT2D eigenvalue weighted by Crippen LogP contribution is -2.45. The number of hydrogen-bond acceptors (Lipinski definition) is 3. The molecule has 0 aromatic heterocycles. The van der Waals surface area contributed by atoms with Crippen LogP contribution in [0.1, 0.15) is 39.0 Å². The lowest BCUT2D eigenvalue weighted by molar-refractivity contribution is -0.195. The monoisotopic (exact) mass is 361 g/mol. The van der Waals surface area contributed by atoms with Crippen molar-refractivity contribution >= 4 is 23.2 Å². The van der Waals surface area contributed by atoms with Gasteiger partial charge in [-0.2, -0.15) is 0 Å². The molecule has 1 aromatic rings. The van der Waals surface area contributed by atoms with Crippen molar-refractivity contribution in [1.29, 1.82) is 0 Å². The summed E-state index contributed by atoms with van der Waals surface area (Å²) in [6.07, 6.45) is 8.56. The Hall–Kier alpha value is -1.68. The number of ether oxygens (including phenoxy) is 2. The molecule has 3 unspecified atom stereocenters. The zero-order valence-electron chi connectivity index (χ0n) is 14.4. The van der Waals surface area contributed by atoms with E-state index in [1.165, 1.54) is 6.42 Å². The summed E-state index contributed by atoms with van der Waals surface area (Å²) in [6.45, 7) is 2.05. The highest BCUT2D eigenvalue weighted by Crippen LogP contribution is 2.51. The van der Waals surface area contributed by atoms with Gasteiger partial charge in [0.25, 0.3) is 0 Å². The quantitative estimate of drug-likeness (QED) is 0.828. The van der Waals surface area contributed by atoms with Gasteiger partial charge < -0.3 is 14.8 Å². The highest BCUT2D eigenvalue weighted by molar-refractivity contribution is 6.30. The second-order valence-electron chi connectivity index (χ2n) is 7.81. The molecule has 2 aliphatic carbocycles. The zero-order chi connectivity index (χ0) is 17.4. The summed E-state index contributed by atoms with van der Waals surface area (Å²) < 4.78 is 11.5. The molecule has 1 aliphatic heterocycles. The highest BCUT2D eigenvalue weighted by Gasteiger charge is 2.49. The Bertz CT molecular complexity index is 648. The molecular formula is C20H24ClNO3. The van der Waals surface area contributed by atoms with Crippen LogP contribution in [0.2, 0.25) is 5.02 Å². The molecular weight excluding hydrogens is 338 g/mol. The van der Waals surface area contributed by atoms with Gasteiger partial charge in [0, 0.05) is 29.5 Å². The van der Waals surface area contributed by atoms with E-state index in [-0.39, 0.29) is 11.8 Å². The van der Waals surface area contributed by atoms with Crippen LogP contribution in [0, 0.1) is 23.7 Å². The van der Waals surface area contributed by atoms with Crippen molar-refractivity contribution in [2.45, 2.75) is 44.8 Å². The summed E-state index contributed by atoms with van der Waals surface area (Å²) >= 11 is 5.90. The maximum Gasteiger partial charge on any atom is 0.250 e. The fraction of sp³-hybridized carbons (Fsp3) is 0.550. The van der Waals surface area contributed by atoms with E-state index in [0.29, 0.717) is 22.8 Å². The van der Waals surface area contributed by atoms with Crippen LogP contribution in [0.5, 0.6) is 0 Å². The van der Waals surface area contributed by atoms with Gasteiger partial charge >= 0.3 is 0 Å². The van der Waals surface area contributed by atoms with Crippen LogP contribution < -0.4 is 5.32 Å². The lowest BCUT2D eigenvalue weighted by atomic mass is 9.63. The SMILES string of the molecule is CC(C(=O)Nc1ccc(Cl)cc1)C1CC2CC(C1)CC1(C2)OC=CO1. The average molecular weight is 362 g/mol. The minimum atomic E-state index is -0.423. The molecule has 2 fully saturated rings. The molecule has 1 N–H and O–H groups in total. The molecule has 1 spiro atoms. The first kappa shape index (κ1) is 16.8. The van der Waals surface area contributed by atoms with Crippen molar-refractivity contribution in [2.24, 2.45) is 23.7 Å². The maximum atomic E-state index is 12.7. The Morgan fingerprint density at radius 3 is 2.32 bits per heavy atom. The lowest BCUT2D eigenvalue weighted by Gasteiger charge is -2.46. The molecule has 2 saturated carbocycles. The molecule has 4 nitrogen and oxygen atoms in total. The van der Waals surface area contributed by atoms with E-state index in [4.69, 9.17) is 21.1 Å². The molecule has 1 aromatic carbocycles. The van der Waals surface area contributed by atoms with Crippen LogP contribution >= 0.6 is 11.6 Å². The molecule has 2 bridgehead atoms. The van der Waals surface area contributed by atoms with Crippen LogP contribution in [-0.2, 0) is 14.3 Å². The molecule has 1 amide bonds. The van der Waals surface area contributed by atoms with Crippen molar-refractivity contribution in [1.82, 2.24) is 0 Å².